The molecule has 1 heteroatoms. The number of carbonyl (C=O) groups is 1. The summed E-state index contributed by atoms with van der Waals surface area (Å²) in [5.41, 5.74) is 4.81. The second-order valence-corrected chi connectivity index (χ2v) is 5.92. The average Bonchev–Trinajstić information content (AvgIpc) is 2.40. The third kappa shape index (κ3) is 5.11. The van der Waals surface area contributed by atoms with Crippen molar-refractivity contribution in [1.29, 1.82) is 0 Å². The molecule has 0 bridgehead atoms. The van der Waals surface area contributed by atoms with Crippen LogP contribution < -0.4 is 0 Å². The minimum atomic E-state index is 0.214. The van der Waals surface area contributed by atoms with Crippen LogP contribution in [0.2, 0.25) is 0 Å². The third-order valence-corrected chi connectivity index (χ3v) is 3.95. The summed E-state index contributed by atoms with van der Waals surface area (Å²) in [7, 11) is 0. The smallest absolute Gasteiger partial charge is 0.160 e. The first-order chi connectivity index (χ1) is 9.60. The first-order valence-corrected chi connectivity index (χ1v) is 8.23. The summed E-state index contributed by atoms with van der Waals surface area (Å²) in [5.74, 6) is 0.214. The standard InChI is InChI=1S/C19H30O/c1-5-7-9-10-11-17-13-15(3)19(16(4)20)18(14-17)12-8-6-2/h13-14H,5-12H2,1-4H3. The van der Waals surface area contributed by atoms with Gasteiger partial charge < -0.3 is 0 Å². The van der Waals surface area contributed by atoms with Gasteiger partial charge in [0.15, 0.2) is 5.78 Å². The fourth-order valence-corrected chi connectivity index (χ4v) is 2.91. The van der Waals surface area contributed by atoms with Gasteiger partial charge in [-0.1, -0.05) is 51.7 Å². The van der Waals surface area contributed by atoms with Crippen LogP contribution in [0, 0.1) is 6.92 Å². The summed E-state index contributed by atoms with van der Waals surface area (Å²) in [6, 6.07) is 4.50. The highest BCUT2D eigenvalue weighted by atomic mass is 16.1. The number of aryl methyl sites for hydroxylation is 3. The molecule has 0 aliphatic rings. The Morgan fingerprint density at radius 2 is 1.65 bits per heavy atom. The summed E-state index contributed by atoms with van der Waals surface area (Å²) in [4.78, 5) is 11.9. The molecule has 0 aliphatic carbocycles. The number of Topliss-reactive ketones (excluding diaryl/α,β-unsaturated/α-hetero) is 1. The highest BCUT2D eigenvalue weighted by molar-refractivity contribution is 5.97. The van der Waals surface area contributed by atoms with Crippen molar-refractivity contribution in [1.82, 2.24) is 0 Å². The van der Waals surface area contributed by atoms with Crippen LogP contribution in [0.3, 0.4) is 0 Å². The second kappa shape index (κ2) is 8.94. The van der Waals surface area contributed by atoms with Crippen molar-refractivity contribution in [2.24, 2.45) is 0 Å². The Morgan fingerprint density at radius 1 is 0.950 bits per heavy atom. The fourth-order valence-electron chi connectivity index (χ4n) is 2.91. The van der Waals surface area contributed by atoms with E-state index in [1.807, 2.05) is 0 Å². The van der Waals surface area contributed by atoms with Gasteiger partial charge in [-0.15, -0.1) is 0 Å². The number of ketones is 1. The first-order valence-electron chi connectivity index (χ1n) is 8.23. The van der Waals surface area contributed by atoms with Gasteiger partial charge in [-0.3, -0.25) is 4.79 Å². The van der Waals surface area contributed by atoms with Crippen molar-refractivity contribution in [2.45, 2.75) is 79.1 Å². The van der Waals surface area contributed by atoms with Gasteiger partial charge in [0, 0.05) is 5.56 Å². The Morgan fingerprint density at radius 3 is 2.25 bits per heavy atom. The van der Waals surface area contributed by atoms with Crippen molar-refractivity contribution in [3.05, 3.63) is 34.4 Å². The number of unbranched alkanes of at least 4 members (excludes halogenated alkanes) is 4. The number of carbonyl (C=O) groups excluding carboxylic acids is 1. The van der Waals surface area contributed by atoms with E-state index in [1.165, 1.54) is 49.7 Å². The largest absolute Gasteiger partial charge is 0.294 e. The van der Waals surface area contributed by atoms with Crippen LogP contribution in [0.4, 0.5) is 0 Å². The second-order valence-electron chi connectivity index (χ2n) is 5.92. The van der Waals surface area contributed by atoms with Crippen LogP contribution in [0.5, 0.6) is 0 Å². The van der Waals surface area contributed by atoms with Crippen molar-refractivity contribution in [3.8, 4) is 0 Å². The Hall–Kier alpha value is -1.11. The molecule has 0 N–H and O–H groups in total. The molecule has 0 saturated carbocycles. The van der Waals surface area contributed by atoms with Crippen LogP contribution in [0.25, 0.3) is 0 Å². The van der Waals surface area contributed by atoms with E-state index < -0.39 is 0 Å². The molecule has 1 nitrogen and oxygen atoms in total. The highest BCUT2D eigenvalue weighted by Gasteiger charge is 2.12. The Labute approximate surface area is 124 Å². The molecule has 0 atom stereocenters. The van der Waals surface area contributed by atoms with Gasteiger partial charge in [-0.05, 0) is 56.2 Å². The van der Waals surface area contributed by atoms with Crippen molar-refractivity contribution in [3.63, 3.8) is 0 Å². The van der Waals surface area contributed by atoms with Crippen molar-refractivity contribution < 1.29 is 4.79 Å². The van der Waals surface area contributed by atoms with E-state index in [4.69, 9.17) is 0 Å². The summed E-state index contributed by atoms with van der Waals surface area (Å²) >= 11 is 0. The number of hydrogen-bond donors (Lipinski definition) is 0. The molecular weight excluding hydrogens is 244 g/mol. The minimum Gasteiger partial charge on any atom is -0.294 e. The van der Waals surface area contributed by atoms with E-state index in [0.29, 0.717) is 0 Å². The Kier molecular flexibility index (Phi) is 7.58. The predicted molar refractivity (Wildman–Crippen MR) is 87.6 cm³/mol. The summed E-state index contributed by atoms with van der Waals surface area (Å²) < 4.78 is 0. The van der Waals surface area contributed by atoms with Crippen molar-refractivity contribution in [2.75, 3.05) is 0 Å². The van der Waals surface area contributed by atoms with E-state index in [0.717, 1.165) is 24.0 Å². The molecule has 0 fully saturated rings. The summed E-state index contributed by atoms with van der Waals surface area (Å²) in [6.45, 7) is 8.23. The first kappa shape index (κ1) is 16.9. The molecule has 0 saturated heterocycles. The maximum atomic E-state index is 11.9. The zero-order chi connectivity index (χ0) is 15.0. The van der Waals surface area contributed by atoms with Crippen molar-refractivity contribution >= 4 is 5.78 Å². The molecule has 0 aromatic heterocycles. The van der Waals surface area contributed by atoms with E-state index >= 15 is 0 Å². The molecule has 0 radical (unpaired) electrons. The Balaban J connectivity index is 2.87. The highest BCUT2D eigenvalue weighted by Crippen LogP contribution is 2.21. The Bertz CT molecular complexity index is 432. The average molecular weight is 274 g/mol. The molecule has 0 amide bonds. The van der Waals surface area contributed by atoms with Gasteiger partial charge in [-0.2, -0.15) is 0 Å². The van der Waals surface area contributed by atoms with E-state index in [2.05, 4.69) is 32.9 Å². The molecule has 0 aliphatic heterocycles. The molecule has 112 valence electrons. The third-order valence-electron chi connectivity index (χ3n) is 3.95. The predicted octanol–water partition coefficient (Wildman–Crippen LogP) is 5.66. The maximum Gasteiger partial charge on any atom is 0.160 e. The monoisotopic (exact) mass is 274 g/mol. The molecule has 0 unspecified atom stereocenters. The lowest BCUT2D eigenvalue weighted by Crippen LogP contribution is -2.05. The van der Waals surface area contributed by atoms with E-state index in [1.54, 1.807) is 6.92 Å². The van der Waals surface area contributed by atoms with Gasteiger partial charge in [0.05, 0.1) is 0 Å². The molecule has 0 spiro atoms. The minimum absolute atomic E-state index is 0.214. The van der Waals surface area contributed by atoms with Gasteiger partial charge in [0.2, 0.25) is 0 Å². The van der Waals surface area contributed by atoms with Crippen LogP contribution in [-0.4, -0.2) is 5.78 Å². The molecular formula is C19H30O. The topological polar surface area (TPSA) is 17.1 Å². The molecule has 1 aromatic carbocycles. The van der Waals surface area contributed by atoms with E-state index in [9.17, 15) is 4.79 Å². The number of hydrogen-bond acceptors (Lipinski definition) is 1. The van der Waals surface area contributed by atoms with Crippen LogP contribution in [0.15, 0.2) is 12.1 Å². The summed E-state index contributed by atoms with van der Waals surface area (Å²) in [6.07, 6.45) is 9.72. The lowest BCUT2D eigenvalue weighted by molar-refractivity contribution is 0.101. The maximum absolute atomic E-state index is 11.9. The van der Waals surface area contributed by atoms with Crippen LogP contribution >= 0.6 is 0 Å². The lowest BCUT2D eigenvalue weighted by Gasteiger charge is -2.13. The summed E-state index contributed by atoms with van der Waals surface area (Å²) in [5, 5.41) is 0. The number of rotatable bonds is 9. The van der Waals surface area contributed by atoms with E-state index in [-0.39, 0.29) is 5.78 Å². The van der Waals surface area contributed by atoms with Crippen LogP contribution in [-0.2, 0) is 12.8 Å². The normalized spacial score (nSPS) is 10.8. The van der Waals surface area contributed by atoms with Crippen LogP contribution in [0.1, 0.15) is 86.3 Å². The van der Waals surface area contributed by atoms with Gasteiger partial charge in [-0.25, -0.2) is 0 Å². The quantitative estimate of drug-likeness (QED) is 0.419. The molecule has 1 rings (SSSR count). The molecule has 0 heterocycles. The van der Waals surface area contributed by atoms with Gasteiger partial charge in [0.1, 0.15) is 0 Å². The zero-order valence-electron chi connectivity index (χ0n) is 13.7. The fraction of sp³-hybridized carbons (Fsp3) is 0.632. The molecule has 20 heavy (non-hydrogen) atoms. The SMILES string of the molecule is CCCCCCc1cc(C)c(C(C)=O)c(CCCC)c1. The lowest BCUT2D eigenvalue weighted by atomic mass is 9.91. The number of benzene rings is 1. The van der Waals surface area contributed by atoms with Gasteiger partial charge in [0.25, 0.3) is 0 Å². The molecule has 1 aromatic rings. The van der Waals surface area contributed by atoms with Gasteiger partial charge >= 0.3 is 0 Å². The zero-order valence-corrected chi connectivity index (χ0v) is 13.7.